The molecule has 0 heterocycles. The molecule has 4 nitrogen and oxygen atoms in total. The first-order valence-corrected chi connectivity index (χ1v) is 12.8. The van der Waals surface area contributed by atoms with E-state index >= 15 is 0 Å². The summed E-state index contributed by atoms with van der Waals surface area (Å²) in [6, 6.07) is 5.63. The molecule has 0 aliphatic rings. The van der Waals surface area contributed by atoms with Gasteiger partial charge in [-0.25, -0.2) is 4.79 Å². The Morgan fingerprint density at radius 3 is 2.00 bits per heavy atom. The van der Waals surface area contributed by atoms with Crippen LogP contribution in [0.3, 0.4) is 0 Å². The van der Waals surface area contributed by atoms with Crippen LogP contribution in [0.25, 0.3) is 0 Å². The minimum atomic E-state index is -0.623. The highest BCUT2D eigenvalue weighted by molar-refractivity contribution is 14.1. The minimum absolute atomic E-state index is 0.109. The quantitative estimate of drug-likeness (QED) is 0.185. The molecule has 0 radical (unpaired) electrons. The number of alkyl carbamates (subject to hydrolysis) is 1. The maximum absolute atomic E-state index is 12.5. The number of carbonyl (C=O) groups excluding carboxylic acids is 2. The fourth-order valence-electron chi connectivity index (χ4n) is 3.54. The average Bonchev–Trinajstić information content (AvgIpc) is 2.71. The van der Waals surface area contributed by atoms with Crippen molar-refractivity contribution in [3.05, 3.63) is 32.9 Å². The molecule has 30 heavy (non-hydrogen) atoms. The lowest BCUT2D eigenvalue weighted by molar-refractivity contribution is 0.0752. The van der Waals surface area contributed by atoms with E-state index in [2.05, 4.69) is 41.8 Å². The van der Waals surface area contributed by atoms with Crippen LogP contribution < -0.4 is 5.32 Å². The van der Waals surface area contributed by atoms with E-state index in [1.807, 2.05) is 19.1 Å². The predicted octanol–water partition coefficient (Wildman–Crippen LogP) is 7.95. The van der Waals surface area contributed by atoms with Crippen LogP contribution in [-0.4, -0.2) is 18.1 Å². The largest absolute Gasteiger partial charge is 0.446 e. The van der Waals surface area contributed by atoms with Crippen molar-refractivity contribution in [1.29, 1.82) is 0 Å². The standard InChI is InChI=1S/C25H40INO3/c1-4-6-8-10-12-14-16-21(15-13-11-9-7-5-2)30-25(29)27-24(28)22-19-20(3)17-18-23(22)26/h17-19,21H,4-16H2,1-3H3,(H,27,28,29). The summed E-state index contributed by atoms with van der Waals surface area (Å²) >= 11 is 2.11. The number of imide groups is 1. The van der Waals surface area contributed by atoms with Gasteiger partial charge in [-0.1, -0.05) is 83.3 Å². The van der Waals surface area contributed by atoms with Crippen molar-refractivity contribution in [2.24, 2.45) is 0 Å². The van der Waals surface area contributed by atoms with Crippen LogP contribution in [0.1, 0.15) is 113 Å². The maximum Gasteiger partial charge on any atom is 0.414 e. The molecular weight excluding hydrogens is 489 g/mol. The molecular formula is C25H40INO3. The molecule has 1 N–H and O–H groups in total. The molecule has 5 heteroatoms. The van der Waals surface area contributed by atoms with E-state index in [1.54, 1.807) is 6.07 Å². The Morgan fingerprint density at radius 2 is 1.43 bits per heavy atom. The van der Waals surface area contributed by atoms with Crippen LogP contribution in [0.2, 0.25) is 0 Å². The van der Waals surface area contributed by atoms with E-state index in [0.717, 1.165) is 34.8 Å². The number of benzene rings is 1. The van der Waals surface area contributed by atoms with Gasteiger partial charge >= 0.3 is 6.09 Å². The molecule has 0 aromatic heterocycles. The summed E-state index contributed by atoms with van der Waals surface area (Å²) in [7, 11) is 0. The fourth-order valence-corrected chi connectivity index (χ4v) is 4.12. The van der Waals surface area contributed by atoms with Gasteiger partial charge in [0.25, 0.3) is 5.91 Å². The Labute approximate surface area is 197 Å². The smallest absolute Gasteiger partial charge is 0.414 e. The molecule has 1 aromatic carbocycles. The van der Waals surface area contributed by atoms with Crippen molar-refractivity contribution >= 4 is 34.6 Å². The first kappa shape index (κ1) is 26.9. The van der Waals surface area contributed by atoms with E-state index in [4.69, 9.17) is 4.74 Å². The number of amides is 2. The van der Waals surface area contributed by atoms with Crippen LogP contribution in [0, 0.1) is 10.5 Å². The van der Waals surface area contributed by atoms with E-state index in [1.165, 1.54) is 57.8 Å². The molecule has 1 aromatic rings. The second kappa shape index (κ2) is 16.6. The summed E-state index contributed by atoms with van der Waals surface area (Å²) in [5, 5.41) is 2.42. The Balaban J connectivity index is 2.52. The summed E-state index contributed by atoms with van der Waals surface area (Å²) in [5.41, 5.74) is 1.50. The van der Waals surface area contributed by atoms with Crippen molar-refractivity contribution in [1.82, 2.24) is 5.32 Å². The summed E-state index contributed by atoms with van der Waals surface area (Å²) in [6.07, 6.45) is 14.3. The number of unbranched alkanes of at least 4 members (excludes halogenated alkanes) is 9. The molecule has 0 aliphatic heterocycles. The van der Waals surface area contributed by atoms with Gasteiger partial charge in [0.2, 0.25) is 0 Å². The van der Waals surface area contributed by atoms with Gasteiger partial charge in [-0.3, -0.25) is 10.1 Å². The Morgan fingerprint density at radius 1 is 0.900 bits per heavy atom. The second-order valence-corrected chi connectivity index (χ2v) is 9.39. The van der Waals surface area contributed by atoms with Gasteiger partial charge in [0.15, 0.2) is 0 Å². The van der Waals surface area contributed by atoms with Crippen LogP contribution in [0.4, 0.5) is 4.79 Å². The van der Waals surface area contributed by atoms with Gasteiger partial charge in [0, 0.05) is 3.57 Å². The summed E-state index contributed by atoms with van der Waals surface area (Å²) in [5.74, 6) is -0.394. The van der Waals surface area contributed by atoms with Gasteiger partial charge in [0.05, 0.1) is 5.56 Å². The third-order valence-electron chi connectivity index (χ3n) is 5.37. The lowest BCUT2D eigenvalue weighted by Crippen LogP contribution is -2.34. The molecule has 0 aliphatic carbocycles. The zero-order chi connectivity index (χ0) is 22.2. The number of aryl methyl sites for hydroxylation is 1. The molecule has 0 spiro atoms. The number of halogens is 1. The first-order valence-electron chi connectivity index (χ1n) is 11.8. The van der Waals surface area contributed by atoms with Crippen molar-refractivity contribution in [2.45, 2.75) is 110 Å². The van der Waals surface area contributed by atoms with Crippen molar-refractivity contribution in [3.8, 4) is 0 Å². The molecule has 0 saturated carbocycles. The van der Waals surface area contributed by atoms with Gasteiger partial charge in [-0.2, -0.15) is 0 Å². The average molecular weight is 530 g/mol. The molecule has 1 rings (SSSR count). The van der Waals surface area contributed by atoms with E-state index in [9.17, 15) is 9.59 Å². The molecule has 170 valence electrons. The SMILES string of the molecule is CCCCCCCCC(CCCCCCC)OC(=O)NC(=O)c1cc(C)ccc1I. The summed E-state index contributed by atoms with van der Waals surface area (Å²) < 4.78 is 6.50. The molecule has 0 saturated heterocycles. The Bertz CT molecular complexity index is 633. The molecule has 1 unspecified atom stereocenters. The lowest BCUT2D eigenvalue weighted by Gasteiger charge is -2.18. The molecule has 0 bridgehead atoms. The summed E-state index contributed by atoms with van der Waals surface area (Å²) in [4.78, 5) is 24.9. The highest BCUT2D eigenvalue weighted by Crippen LogP contribution is 2.18. The van der Waals surface area contributed by atoms with Crippen LogP contribution in [-0.2, 0) is 4.74 Å². The molecule has 0 fully saturated rings. The van der Waals surface area contributed by atoms with Crippen LogP contribution in [0.15, 0.2) is 18.2 Å². The maximum atomic E-state index is 12.5. The molecule has 2 amide bonds. The third kappa shape index (κ3) is 11.9. The monoisotopic (exact) mass is 529 g/mol. The second-order valence-electron chi connectivity index (χ2n) is 8.22. The van der Waals surface area contributed by atoms with Gasteiger partial charge in [-0.05, 0) is 67.3 Å². The number of ether oxygens (including phenoxy) is 1. The fraction of sp³-hybridized carbons (Fsp3) is 0.680. The highest BCUT2D eigenvalue weighted by Gasteiger charge is 2.18. The van der Waals surface area contributed by atoms with Crippen molar-refractivity contribution < 1.29 is 14.3 Å². The summed E-state index contributed by atoms with van der Waals surface area (Å²) in [6.45, 7) is 6.36. The lowest BCUT2D eigenvalue weighted by atomic mass is 10.0. The number of carbonyl (C=O) groups is 2. The first-order chi connectivity index (χ1) is 14.5. The van der Waals surface area contributed by atoms with E-state index in [0.29, 0.717) is 5.56 Å². The number of nitrogens with one attached hydrogen (secondary N) is 1. The Kier molecular flexibility index (Phi) is 14.9. The van der Waals surface area contributed by atoms with Crippen molar-refractivity contribution in [2.75, 3.05) is 0 Å². The number of rotatable bonds is 15. The van der Waals surface area contributed by atoms with Crippen molar-refractivity contribution in [3.63, 3.8) is 0 Å². The highest BCUT2D eigenvalue weighted by atomic mass is 127. The van der Waals surface area contributed by atoms with E-state index in [-0.39, 0.29) is 6.10 Å². The third-order valence-corrected chi connectivity index (χ3v) is 6.31. The van der Waals surface area contributed by atoms with Gasteiger partial charge in [-0.15, -0.1) is 0 Å². The predicted molar refractivity (Wildman–Crippen MR) is 133 cm³/mol. The van der Waals surface area contributed by atoms with Crippen LogP contribution >= 0.6 is 22.6 Å². The van der Waals surface area contributed by atoms with Crippen LogP contribution in [0.5, 0.6) is 0 Å². The normalized spacial score (nSPS) is 11.9. The zero-order valence-electron chi connectivity index (χ0n) is 19.1. The number of hydrogen-bond acceptors (Lipinski definition) is 3. The Hall–Kier alpha value is -1.11. The topological polar surface area (TPSA) is 55.4 Å². The molecule has 1 atom stereocenters. The number of hydrogen-bond donors (Lipinski definition) is 1. The van der Waals surface area contributed by atoms with E-state index < -0.39 is 12.0 Å². The zero-order valence-corrected chi connectivity index (χ0v) is 21.3. The van der Waals surface area contributed by atoms with Gasteiger partial charge in [0.1, 0.15) is 6.10 Å². The van der Waals surface area contributed by atoms with Gasteiger partial charge < -0.3 is 4.74 Å². The minimum Gasteiger partial charge on any atom is -0.446 e.